The number of fused-ring (bicyclic) bond motifs is 1. The van der Waals surface area contributed by atoms with Crippen molar-refractivity contribution >= 4 is 23.6 Å². The summed E-state index contributed by atoms with van der Waals surface area (Å²) in [6, 6.07) is 12.9. The Morgan fingerprint density at radius 3 is 2.73 bits per heavy atom. The number of benzene rings is 2. The summed E-state index contributed by atoms with van der Waals surface area (Å²) in [6.45, 7) is 1.68. The number of carbonyl (C=O) groups is 1. The van der Waals surface area contributed by atoms with E-state index in [2.05, 4.69) is 10.3 Å². The van der Waals surface area contributed by atoms with Crippen molar-refractivity contribution in [1.82, 2.24) is 10.3 Å². The molecule has 7 nitrogen and oxygen atoms in total. The Morgan fingerprint density at radius 1 is 1.09 bits per heavy atom. The molecule has 33 heavy (non-hydrogen) atoms. The highest BCUT2D eigenvalue weighted by Crippen LogP contribution is 2.38. The van der Waals surface area contributed by atoms with Crippen molar-refractivity contribution in [1.29, 1.82) is 0 Å². The summed E-state index contributed by atoms with van der Waals surface area (Å²) >= 11 is 6.24. The molecule has 0 bridgehead atoms. The number of carbonyl (C=O) groups excluding carboxylic acids is 1. The summed E-state index contributed by atoms with van der Waals surface area (Å²) in [7, 11) is 1.58. The summed E-state index contributed by atoms with van der Waals surface area (Å²) in [5.74, 6) is 2.09. The molecule has 1 N–H and O–H groups in total. The van der Waals surface area contributed by atoms with Gasteiger partial charge in [0.1, 0.15) is 19.8 Å². The highest BCUT2D eigenvalue weighted by molar-refractivity contribution is 6.32. The van der Waals surface area contributed by atoms with Crippen LogP contribution < -0.4 is 24.3 Å². The van der Waals surface area contributed by atoms with Crippen LogP contribution in [-0.2, 0) is 17.9 Å². The third-order valence-electron chi connectivity index (χ3n) is 4.88. The average molecular weight is 467 g/mol. The van der Waals surface area contributed by atoms with Crippen LogP contribution in [0.1, 0.15) is 16.7 Å². The van der Waals surface area contributed by atoms with E-state index in [0.717, 1.165) is 16.7 Å². The lowest BCUT2D eigenvalue weighted by Crippen LogP contribution is -2.20. The van der Waals surface area contributed by atoms with Gasteiger partial charge in [0.05, 0.1) is 12.1 Å². The van der Waals surface area contributed by atoms with Crippen LogP contribution in [0.4, 0.5) is 0 Å². The maximum Gasteiger partial charge on any atom is 0.244 e. The van der Waals surface area contributed by atoms with Crippen LogP contribution >= 0.6 is 11.6 Å². The monoisotopic (exact) mass is 466 g/mol. The van der Waals surface area contributed by atoms with E-state index in [-0.39, 0.29) is 5.91 Å². The Bertz CT molecular complexity index is 1150. The van der Waals surface area contributed by atoms with E-state index in [0.29, 0.717) is 54.4 Å². The number of amides is 1. The molecule has 1 aliphatic heterocycles. The van der Waals surface area contributed by atoms with E-state index < -0.39 is 0 Å². The van der Waals surface area contributed by atoms with Gasteiger partial charge in [0.2, 0.25) is 5.91 Å². The minimum atomic E-state index is -0.238. The van der Waals surface area contributed by atoms with Gasteiger partial charge in [-0.1, -0.05) is 17.7 Å². The van der Waals surface area contributed by atoms with Gasteiger partial charge >= 0.3 is 0 Å². The van der Waals surface area contributed by atoms with E-state index in [1.807, 2.05) is 30.3 Å². The molecule has 0 saturated carbocycles. The molecular formula is C25H23ClN2O5. The Balaban J connectivity index is 1.33. The molecule has 170 valence electrons. The second kappa shape index (κ2) is 10.7. The second-order valence-electron chi connectivity index (χ2n) is 7.21. The topological polar surface area (TPSA) is 78.9 Å². The molecule has 3 aromatic rings. The van der Waals surface area contributed by atoms with Crippen molar-refractivity contribution in [3.63, 3.8) is 0 Å². The average Bonchev–Trinajstić information content (AvgIpc) is 2.86. The van der Waals surface area contributed by atoms with E-state index in [1.54, 1.807) is 37.7 Å². The van der Waals surface area contributed by atoms with Crippen LogP contribution in [0.3, 0.4) is 0 Å². The standard InChI is InChI=1S/C25H23ClN2O5/c1-30-22-14-19(2-4-21(22)33-16-17-6-8-27-9-7-17)15-28-24(29)5-3-18-12-20(26)25-23(13-18)31-10-11-32-25/h2-9,12-14H,10-11,15-16H2,1H3,(H,28,29)/b5-3+. The zero-order valence-corrected chi connectivity index (χ0v) is 18.8. The van der Waals surface area contributed by atoms with Crippen LogP contribution in [0.15, 0.2) is 60.9 Å². The molecule has 0 aliphatic carbocycles. The number of methoxy groups -OCH3 is 1. The number of hydrogen-bond donors (Lipinski definition) is 1. The van der Waals surface area contributed by atoms with Gasteiger partial charge in [-0.2, -0.15) is 0 Å². The zero-order valence-electron chi connectivity index (χ0n) is 18.0. The van der Waals surface area contributed by atoms with Gasteiger partial charge in [-0.15, -0.1) is 0 Å². The molecule has 0 fully saturated rings. The lowest BCUT2D eigenvalue weighted by Gasteiger charge is -2.19. The quantitative estimate of drug-likeness (QED) is 0.495. The van der Waals surface area contributed by atoms with Gasteiger partial charge in [-0.3, -0.25) is 9.78 Å². The van der Waals surface area contributed by atoms with Crippen molar-refractivity contribution in [2.75, 3.05) is 20.3 Å². The lowest BCUT2D eigenvalue weighted by molar-refractivity contribution is -0.116. The molecule has 0 unspecified atom stereocenters. The Morgan fingerprint density at radius 2 is 1.91 bits per heavy atom. The number of nitrogens with zero attached hydrogens (tertiary/aromatic N) is 1. The van der Waals surface area contributed by atoms with Crippen molar-refractivity contribution in [2.45, 2.75) is 13.2 Å². The Kier molecular flexibility index (Phi) is 7.32. The van der Waals surface area contributed by atoms with Gasteiger partial charge in [0, 0.05) is 25.0 Å². The van der Waals surface area contributed by atoms with Crippen LogP contribution in [0.5, 0.6) is 23.0 Å². The third-order valence-corrected chi connectivity index (χ3v) is 5.17. The van der Waals surface area contributed by atoms with Gasteiger partial charge < -0.3 is 24.3 Å². The number of pyridine rings is 1. The summed E-state index contributed by atoms with van der Waals surface area (Å²) in [5, 5.41) is 3.31. The fraction of sp³-hybridized carbons (Fsp3) is 0.200. The van der Waals surface area contributed by atoms with E-state index in [1.165, 1.54) is 6.08 Å². The van der Waals surface area contributed by atoms with Crippen molar-refractivity contribution in [3.05, 3.63) is 82.6 Å². The maximum atomic E-state index is 12.3. The van der Waals surface area contributed by atoms with Gasteiger partial charge in [0.15, 0.2) is 23.0 Å². The van der Waals surface area contributed by atoms with Gasteiger partial charge in [-0.25, -0.2) is 0 Å². The van der Waals surface area contributed by atoms with E-state index in [4.69, 9.17) is 30.5 Å². The summed E-state index contributed by atoms with van der Waals surface area (Å²) < 4.78 is 22.4. The van der Waals surface area contributed by atoms with Gasteiger partial charge in [-0.05, 0) is 59.2 Å². The first-order valence-corrected chi connectivity index (χ1v) is 10.7. The number of ether oxygens (including phenoxy) is 4. The molecule has 4 rings (SSSR count). The third kappa shape index (κ3) is 5.96. The molecular weight excluding hydrogens is 444 g/mol. The molecule has 8 heteroatoms. The van der Waals surface area contributed by atoms with Crippen molar-refractivity contribution < 1.29 is 23.7 Å². The normalized spacial score (nSPS) is 12.4. The first-order valence-electron chi connectivity index (χ1n) is 10.4. The second-order valence-corrected chi connectivity index (χ2v) is 7.61. The largest absolute Gasteiger partial charge is 0.493 e. The van der Waals surface area contributed by atoms with E-state index >= 15 is 0 Å². The maximum absolute atomic E-state index is 12.3. The fourth-order valence-electron chi connectivity index (χ4n) is 3.23. The Hall–Kier alpha value is -3.71. The van der Waals surface area contributed by atoms with Gasteiger partial charge in [0.25, 0.3) is 0 Å². The van der Waals surface area contributed by atoms with E-state index in [9.17, 15) is 4.79 Å². The molecule has 1 amide bonds. The molecule has 1 aromatic heterocycles. The molecule has 0 radical (unpaired) electrons. The first-order chi connectivity index (χ1) is 16.1. The van der Waals surface area contributed by atoms with Crippen LogP contribution in [0.2, 0.25) is 5.02 Å². The Labute approximate surface area is 196 Å². The number of nitrogens with one attached hydrogen (secondary N) is 1. The SMILES string of the molecule is COc1cc(CNC(=O)/C=C/c2cc(Cl)c3c(c2)OCCO3)ccc1OCc1ccncc1. The molecule has 0 atom stereocenters. The zero-order chi connectivity index (χ0) is 23.0. The first kappa shape index (κ1) is 22.5. The number of hydrogen-bond acceptors (Lipinski definition) is 6. The molecule has 2 heterocycles. The van der Waals surface area contributed by atoms with Crippen molar-refractivity contribution in [2.24, 2.45) is 0 Å². The predicted molar refractivity (Wildman–Crippen MR) is 125 cm³/mol. The van der Waals surface area contributed by atoms with Crippen LogP contribution in [0.25, 0.3) is 6.08 Å². The molecule has 0 spiro atoms. The highest BCUT2D eigenvalue weighted by Gasteiger charge is 2.16. The predicted octanol–water partition coefficient (Wildman–Crippen LogP) is 4.42. The fourth-order valence-corrected chi connectivity index (χ4v) is 3.50. The summed E-state index contributed by atoms with van der Waals surface area (Å²) in [6.07, 6.45) is 6.57. The highest BCUT2D eigenvalue weighted by atomic mass is 35.5. The molecule has 2 aromatic carbocycles. The molecule has 1 aliphatic rings. The lowest BCUT2D eigenvalue weighted by atomic mass is 10.1. The number of halogens is 1. The summed E-state index contributed by atoms with van der Waals surface area (Å²) in [4.78, 5) is 16.3. The van der Waals surface area contributed by atoms with Crippen LogP contribution in [0, 0.1) is 0 Å². The smallest absolute Gasteiger partial charge is 0.244 e. The van der Waals surface area contributed by atoms with Crippen LogP contribution in [-0.4, -0.2) is 31.2 Å². The minimum absolute atomic E-state index is 0.238. The number of rotatable bonds is 8. The van der Waals surface area contributed by atoms with Crippen molar-refractivity contribution in [3.8, 4) is 23.0 Å². The molecule has 0 saturated heterocycles. The minimum Gasteiger partial charge on any atom is -0.493 e. The number of aromatic nitrogens is 1. The summed E-state index contributed by atoms with van der Waals surface area (Å²) in [5.41, 5.74) is 2.64.